The van der Waals surface area contributed by atoms with E-state index in [-0.39, 0.29) is 17.9 Å². The van der Waals surface area contributed by atoms with Crippen molar-refractivity contribution < 1.29 is 14.3 Å². The first-order valence-corrected chi connectivity index (χ1v) is 12.4. The minimum Gasteiger partial charge on any atom is -0.491 e. The van der Waals surface area contributed by atoms with Gasteiger partial charge in [0.1, 0.15) is 10.8 Å². The Morgan fingerprint density at radius 1 is 0.970 bits per heavy atom. The van der Waals surface area contributed by atoms with Crippen LogP contribution in [0.4, 0.5) is 5.00 Å². The molecule has 4 rings (SSSR count). The number of anilines is 1. The van der Waals surface area contributed by atoms with Crippen molar-refractivity contribution in [3.63, 3.8) is 0 Å². The van der Waals surface area contributed by atoms with Gasteiger partial charge in [-0.1, -0.05) is 30.3 Å². The van der Waals surface area contributed by atoms with Gasteiger partial charge in [0, 0.05) is 17.0 Å². The van der Waals surface area contributed by atoms with Gasteiger partial charge in [0.25, 0.3) is 11.8 Å². The molecule has 0 bridgehead atoms. The smallest absolute Gasteiger partial charge is 0.256 e. The lowest BCUT2D eigenvalue weighted by molar-refractivity contribution is 0.0954. The van der Waals surface area contributed by atoms with Gasteiger partial charge in [0.15, 0.2) is 0 Å². The maximum Gasteiger partial charge on any atom is 0.256 e. The summed E-state index contributed by atoms with van der Waals surface area (Å²) in [5, 5.41) is 6.72. The summed E-state index contributed by atoms with van der Waals surface area (Å²) < 4.78 is 5.66. The van der Waals surface area contributed by atoms with Crippen molar-refractivity contribution in [3.8, 4) is 5.75 Å². The van der Waals surface area contributed by atoms with Gasteiger partial charge in [0.2, 0.25) is 0 Å². The molecule has 0 aliphatic heterocycles. The molecule has 1 aliphatic rings. The van der Waals surface area contributed by atoms with E-state index in [2.05, 4.69) is 22.8 Å². The SMILES string of the molecule is CC(C)Oc1ccc(C(=O)Nc2sc3c(c2C(=O)NCCc2ccccc2)CCCC3)cc1. The Morgan fingerprint density at radius 2 is 1.70 bits per heavy atom. The molecule has 0 radical (unpaired) electrons. The summed E-state index contributed by atoms with van der Waals surface area (Å²) in [6.45, 7) is 4.48. The molecule has 1 aliphatic carbocycles. The van der Waals surface area contributed by atoms with Crippen LogP contribution in [0.1, 0.15) is 63.4 Å². The molecule has 5 nitrogen and oxygen atoms in total. The summed E-state index contributed by atoms with van der Waals surface area (Å²) in [4.78, 5) is 27.4. The number of rotatable bonds is 8. The molecule has 2 N–H and O–H groups in total. The maximum atomic E-state index is 13.2. The van der Waals surface area contributed by atoms with Crippen LogP contribution in [-0.2, 0) is 19.3 Å². The van der Waals surface area contributed by atoms with E-state index in [4.69, 9.17) is 4.74 Å². The molecule has 0 saturated heterocycles. The lowest BCUT2D eigenvalue weighted by Crippen LogP contribution is -2.27. The van der Waals surface area contributed by atoms with Gasteiger partial charge in [-0.15, -0.1) is 11.3 Å². The van der Waals surface area contributed by atoms with Crippen LogP contribution in [0.5, 0.6) is 5.75 Å². The van der Waals surface area contributed by atoms with E-state index < -0.39 is 0 Å². The van der Waals surface area contributed by atoms with Crippen LogP contribution in [0.25, 0.3) is 0 Å². The Labute approximate surface area is 199 Å². The van der Waals surface area contributed by atoms with Crippen molar-refractivity contribution in [1.82, 2.24) is 5.32 Å². The van der Waals surface area contributed by atoms with Gasteiger partial charge in [-0.05, 0) is 81.3 Å². The molecule has 1 heterocycles. The van der Waals surface area contributed by atoms with Crippen molar-refractivity contribution in [1.29, 1.82) is 0 Å². The van der Waals surface area contributed by atoms with Gasteiger partial charge >= 0.3 is 0 Å². The summed E-state index contributed by atoms with van der Waals surface area (Å²) in [7, 11) is 0. The molecular weight excluding hydrogens is 432 g/mol. The Balaban J connectivity index is 1.48. The summed E-state index contributed by atoms with van der Waals surface area (Å²) in [6, 6.07) is 17.2. The summed E-state index contributed by atoms with van der Waals surface area (Å²) in [5.74, 6) is 0.399. The monoisotopic (exact) mass is 462 g/mol. The molecule has 2 aromatic carbocycles. The van der Waals surface area contributed by atoms with Crippen LogP contribution in [-0.4, -0.2) is 24.5 Å². The first-order valence-electron chi connectivity index (χ1n) is 11.6. The zero-order valence-electron chi connectivity index (χ0n) is 19.1. The van der Waals surface area contributed by atoms with Gasteiger partial charge in [-0.25, -0.2) is 0 Å². The van der Waals surface area contributed by atoms with E-state index in [1.54, 1.807) is 24.3 Å². The van der Waals surface area contributed by atoms with E-state index in [9.17, 15) is 9.59 Å². The summed E-state index contributed by atoms with van der Waals surface area (Å²) in [5.41, 5.74) is 3.45. The van der Waals surface area contributed by atoms with Crippen LogP contribution in [0.15, 0.2) is 54.6 Å². The predicted octanol–water partition coefficient (Wildman–Crippen LogP) is 5.64. The molecule has 33 heavy (non-hydrogen) atoms. The third kappa shape index (κ3) is 5.82. The van der Waals surface area contributed by atoms with Gasteiger partial charge in [0.05, 0.1) is 11.7 Å². The van der Waals surface area contributed by atoms with E-state index in [1.807, 2.05) is 32.0 Å². The molecule has 0 unspecified atom stereocenters. The predicted molar refractivity (Wildman–Crippen MR) is 134 cm³/mol. The molecule has 0 spiro atoms. The Kier molecular flexibility index (Phi) is 7.45. The van der Waals surface area contributed by atoms with E-state index in [1.165, 1.54) is 21.8 Å². The van der Waals surface area contributed by atoms with Crippen LogP contribution in [0, 0.1) is 0 Å². The van der Waals surface area contributed by atoms with Crippen LogP contribution < -0.4 is 15.4 Å². The second-order valence-electron chi connectivity index (χ2n) is 8.55. The van der Waals surface area contributed by atoms with Crippen molar-refractivity contribution in [2.24, 2.45) is 0 Å². The fourth-order valence-electron chi connectivity index (χ4n) is 4.08. The molecule has 1 aromatic heterocycles. The second-order valence-corrected chi connectivity index (χ2v) is 9.66. The molecule has 0 fully saturated rings. The van der Waals surface area contributed by atoms with Crippen LogP contribution in [0.3, 0.4) is 0 Å². The third-order valence-corrected chi connectivity index (χ3v) is 6.86. The third-order valence-electron chi connectivity index (χ3n) is 5.66. The summed E-state index contributed by atoms with van der Waals surface area (Å²) >= 11 is 1.54. The van der Waals surface area contributed by atoms with Crippen molar-refractivity contribution in [2.75, 3.05) is 11.9 Å². The molecule has 2 amide bonds. The van der Waals surface area contributed by atoms with Crippen molar-refractivity contribution in [3.05, 3.63) is 81.7 Å². The second kappa shape index (κ2) is 10.7. The highest BCUT2D eigenvalue weighted by Gasteiger charge is 2.26. The first kappa shape index (κ1) is 23.1. The number of carbonyl (C=O) groups is 2. The van der Waals surface area contributed by atoms with Gasteiger partial charge < -0.3 is 15.4 Å². The minimum atomic E-state index is -0.219. The van der Waals surface area contributed by atoms with Crippen LogP contribution >= 0.6 is 11.3 Å². The lowest BCUT2D eigenvalue weighted by atomic mass is 9.95. The number of carbonyl (C=O) groups excluding carboxylic acids is 2. The fraction of sp³-hybridized carbons (Fsp3) is 0.333. The highest BCUT2D eigenvalue weighted by molar-refractivity contribution is 7.17. The average molecular weight is 463 g/mol. The van der Waals surface area contributed by atoms with Gasteiger partial charge in [-0.2, -0.15) is 0 Å². The lowest BCUT2D eigenvalue weighted by Gasteiger charge is -2.13. The molecule has 6 heteroatoms. The first-order chi connectivity index (χ1) is 16.0. The number of aryl methyl sites for hydroxylation is 1. The maximum absolute atomic E-state index is 13.2. The quantitative estimate of drug-likeness (QED) is 0.455. The fourth-order valence-corrected chi connectivity index (χ4v) is 5.36. The number of fused-ring (bicyclic) bond motifs is 1. The molecule has 0 atom stereocenters. The van der Waals surface area contributed by atoms with E-state index in [0.717, 1.165) is 43.4 Å². The number of amides is 2. The molecule has 172 valence electrons. The highest BCUT2D eigenvalue weighted by Crippen LogP contribution is 2.38. The zero-order chi connectivity index (χ0) is 23.2. The molecule has 3 aromatic rings. The average Bonchev–Trinajstić information content (AvgIpc) is 3.17. The van der Waals surface area contributed by atoms with E-state index >= 15 is 0 Å². The number of ether oxygens (including phenoxy) is 1. The standard InChI is InChI=1S/C27H30N2O3S/c1-18(2)32-21-14-12-20(13-15-21)25(30)29-27-24(22-10-6-7-11-23(22)33-27)26(31)28-17-16-19-8-4-3-5-9-19/h3-5,8-9,12-15,18H,6-7,10-11,16-17H2,1-2H3,(H,28,31)(H,29,30). The summed E-state index contributed by atoms with van der Waals surface area (Å²) in [6.07, 6.45) is 4.87. The topological polar surface area (TPSA) is 67.4 Å². The normalized spacial score (nSPS) is 12.8. The number of hydrogen-bond acceptors (Lipinski definition) is 4. The number of thiophene rings is 1. The van der Waals surface area contributed by atoms with E-state index in [0.29, 0.717) is 22.7 Å². The number of hydrogen-bond donors (Lipinski definition) is 2. The van der Waals surface area contributed by atoms with Gasteiger partial charge in [-0.3, -0.25) is 9.59 Å². The zero-order valence-corrected chi connectivity index (χ0v) is 20.0. The van der Waals surface area contributed by atoms with Crippen molar-refractivity contribution in [2.45, 2.75) is 52.1 Å². The Morgan fingerprint density at radius 3 is 2.42 bits per heavy atom. The minimum absolute atomic E-state index is 0.0741. The van der Waals surface area contributed by atoms with Crippen LogP contribution in [0.2, 0.25) is 0 Å². The molecular formula is C27H30N2O3S. The molecule has 0 saturated carbocycles. The number of benzene rings is 2. The highest BCUT2D eigenvalue weighted by atomic mass is 32.1. The largest absolute Gasteiger partial charge is 0.491 e. The van der Waals surface area contributed by atoms with Crippen molar-refractivity contribution >= 4 is 28.2 Å². The Bertz CT molecular complexity index is 1100. The Hall–Kier alpha value is -3.12. The number of nitrogens with one attached hydrogen (secondary N) is 2.